The Morgan fingerprint density at radius 2 is 2.05 bits per heavy atom. The molecule has 21 heavy (non-hydrogen) atoms. The summed E-state index contributed by atoms with van der Waals surface area (Å²) in [6.45, 7) is 0. The molecule has 1 aromatic carbocycles. The van der Waals surface area contributed by atoms with Crippen LogP contribution >= 0.6 is 22.9 Å². The van der Waals surface area contributed by atoms with Crippen LogP contribution in [0.3, 0.4) is 0 Å². The molecule has 6 nitrogen and oxygen atoms in total. The zero-order chi connectivity index (χ0) is 15.5. The van der Waals surface area contributed by atoms with Gasteiger partial charge in [-0.15, -0.1) is 22.9 Å². The fourth-order valence-electron chi connectivity index (χ4n) is 1.60. The van der Waals surface area contributed by atoms with Crippen LogP contribution in [0.2, 0.25) is 0 Å². The molecule has 0 spiro atoms. The molecule has 0 saturated carbocycles. The van der Waals surface area contributed by atoms with Crippen molar-refractivity contribution < 1.29 is 13.2 Å². The van der Waals surface area contributed by atoms with Gasteiger partial charge in [-0.2, -0.15) is 0 Å². The summed E-state index contributed by atoms with van der Waals surface area (Å²) in [7, 11) is -3.69. The minimum atomic E-state index is -3.69. The Morgan fingerprint density at radius 1 is 1.38 bits per heavy atom. The van der Waals surface area contributed by atoms with E-state index in [9.17, 15) is 13.2 Å². The number of carbonyl (C=O) groups is 1. The average molecular weight is 346 g/mol. The smallest absolute Gasteiger partial charge is 0.263 e. The van der Waals surface area contributed by atoms with Crippen LogP contribution < -0.4 is 10.5 Å². The zero-order valence-electron chi connectivity index (χ0n) is 10.7. The number of amides is 1. The van der Waals surface area contributed by atoms with Gasteiger partial charge in [-0.3, -0.25) is 9.52 Å². The Bertz CT molecular complexity index is 715. The second-order valence-corrected chi connectivity index (χ2v) is 7.25. The Morgan fingerprint density at radius 3 is 2.57 bits per heavy atom. The topological polar surface area (TPSA) is 102 Å². The van der Waals surface area contributed by atoms with E-state index in [0.29, 0.717) is 10.7 Å². The van der Waals surface area contributed by atoms with Crippen molar-refractivity contribution in [2.24, 2.45) is 5.73 Å². The number of anilines is 1. The van der Waals surface area contributed by atoms with E-state index in [0.717, 1.165) is 0 Å². The number of hydrogen-bond acceptors (Lipinski definition) is 5. The maximum atomic E-state index is 12.1. The number of hydrogen-bond donors (Lipinski definition) is 2. The SMILES string of the molecule is NC(=O)CC(Cl)c1ccc(S(=O)(=O)Nc2nccs2)cc1. The molecule has 0 saturated heterocycles. The van der Waals surface area contributed by atoms with Gasteiger partial charge in [0.05, 0.1) is 10.3 Å². The first kappa shape index (κ1) is 15.7. The minimum absolute atomic E-state index is 0.00891. The molecule has 0 radical (unpaired) electrons. The number of benzene rings is 1. The molecule has 3 N–H and O–H groups in total. The average Bonchev–Trinajstić information content (AvgIpc) is 2.90. The number of primary amides is 1. The van der Waals surface area contributed by atoms with Crippen molar-refractivity contribution in [3.63, 3.8) is 0 Å². The quantitative estimate of drug-likeness (QED) is 0.782. The van der Waals surface area contributed by atoms with Crippen molar-refractivity contribution >= 4 is 44.0 Å². The van der Waals surface area contributed by atoms with Crippen molar-refractivity contribution in [3.05, 3.63) is 41.4 Å². The monoisotopic (exact) mass is 345 g/mol. The number of aromatic nitrogens is 1. The molecule has 0 bridgehead atoms. The summed E-state index contributed by atoms with van der Waals surface area (Å²) in [5.41, 5.74) is 5.70. The van der Waals surface area contributed by atoms with Crippen LogP contribution in [0.4, 0.5) is 5.13 Å². The van der Waals surface area contributed by atoms with E-state index in [-0.39, 0.29) is 11.3 Å². The Kier molecular flexibility index (Phi) is 4.81. The van der Waals surface area contributed by atoms with Crippen LogP contribution in [0.1, 0.15) is 17.4 Å². The highest BCUT2D eigenvalue weighted by atomic mass is 35.5. The van der Waals surface area contributed by atoms with Crippen LogP contribution in [0, 0.1) is 0 Å². The van der Waals surface area contributed by atoms with Gasteiger partial charge in [0.2, 0.25) is 5.91 Å². The third-order valence-corrected chi connectivity index (χ3v) is 5.17. The lowest BCUT2D eigenvalue weighted by Gasteiger charge is -2.09. The van der Waals surface area contributed by atoms with Crippen molar-refractivity contribution in [1.82, 2.24) is 4.98 Å². The van der Waals surface area contributed by atoms with Crippen LogP contribution in [-0.4, -0.2) is 19.3 Å². The molecule has 0 aliphatic rings. The molecule has 0 aliphatic heterocycles. The summed E-state index contributed by atoms with van der Waals surface area (Å²) < 4.78 is 26.6. The van der Waals surface area contributed by atoms with Gasteiger partial charge in [0.15, 0.2) is 5.13 Å². The van der Waals surface area contributed by atoms with E-state index in [1.807, 2.05) is 0 Å². The van der Waals surface area contributed by atoms with Gasteiger partial charge in [-0.1, -0.05) is 12.1 Å². The van der Waals surface area contributed by atoms with Gasteiger partial charge in [0.25, 0.3) is 10.0 Å². The molecule has 1 unspecified atom stereocenters. The molecule has 2 aromatic rings. The Labute approximate surface area is 131 Å². The van der Waals surface area contributed by atoms with Crippen molar-refractivity contribution in [1.29, 1.82) is 0 Å². The number of nitrogens with two attached hydrogens (primary N) is 1. The summed E-state index contributed by atoms with van der Waals surface area (Å²) in [6, 6.07) is 5.94. The summed E-state index contributed by atoms with van der Waals surface area (Å²) in [5, 5.41) is 1.39. The third-order valence-electron chi connectivity index (χ3n) is 2.59. The lowest BCUT2D eigenvalue weighted by molar-refractivity contribution is -0.118. The van der Waals surface area contributed by atoms with Crippen molar-refractivity contribution in [2.75, 3.05) is 4.72 Å². The maximum absolute atomic E-state index is 12.1. The molecule has 9 heteroatoms. The Hall–Kier alpha value is -1.64. The molecule has 0 fully saturated rings. The molecule has 1 heterocycles. The maximum Gasteiger partial charge on any atom is 0.263 e. The first-order valence-electron chi connectivity index (χ1n) is 5.83. The number of alkyl halides is 1. The lowest BCUT2D eigenvalue weighted by atomic mass is 10.1. The van der Waals surface area contributed by atoms with Crippen molar-refractivity contribution in [3.8, 4) is 0 Å². The van der Waals surface area contributed by atoms with E-state index in [1.54, 1.807) is 17.5 Å². The number of halogens is 1. The lowest BCUT2D eigenvalue weighted by Crippen LogP contribution is -2.14. The minimum Gasteiger partial charge on any atom is -0.370 e. The number of thiazole rings is 1. The van der Waals surface area contributed by atoms with Gasteiger partial charge in [-0.25, -0.2) is 13.4 Å². The molecule has 1 aromatic heterocycles. The van der Waals surface area contributed by atoms with Gasteiger partial charge < -0.3 is 5.73 Å². The summed E-state index contributed by atoms with van der Waals surface area (Å²) >= 11 is 7.19. The van der Waals surface area contributed by atoms with Crippen LogP contribution in [0.15, 0.2) is 40.7 Å². The van der Waals surface area contributed by atoms with E-state index in [1.165, 1.54) is 29.7 Å². The molecular weight excluding hydrogens is 334 g/mol. The van der Waals surface area contributed by atoms with E-state index in [2.05, 4.69) is 9.71 Å². The van der Waals surface area contributed by atoms with E-state index in [4.69, 9.17) is 17.3 Å². The van der Waals surface area contributed by atoms with Crippen LogP contribution in [0.5, 0.6) is 0 Å². The van der Waals surface area contributed by atoms with Gasteiger partial charge in [-0.05, 0) is 17.7 Å². The first-order valence-corrected chi connectivity index (χ1v) is 8.63. The first-order chi connectivity index (χ1) is 9.88. The summed E-state index contributed by atoms with van der Waals surface area (Å²) in [5.74, 6) is -0.517. The van der Waals surface area contributed by atoms with Gasteiger partial charge in [0, 0.05) is 18.0 Å². The number of sulfonamides is 1. The van der Waals surface area contributed by atoms with Crippen LogP contribution in [0.25, 0.3) is 0 Å². The fourth-order valence-corrected chi connectivity index (χ4v) is 3.68. The number of nitrogens with one attached hydrogen (secondary N) is 1. The summed E-state index contributed by atoms with van der Waals surface area (Å²) in [6.07, 6.45) is 1.50. The Balaban J connectivity index is 2.16. The molecule has 1 amide bonds. The molecule has 2 rings (SSSR count). The standard InChI is InChI=1S/C12H12ClN3O3S2/c13-10(7-11(14)17)8-1-3-9(4-2-8)21(18,19)16-12-15-5-6-20-12/h1-6,10H,7H2,(H2,14,17)(H,15,16). The number of carbonyl (C=O) groups excluding carboxylic acids is 1. The fraction of sp³-hybridized carbons (Fsp3) is 0.167. The van der Waals surface area contributed by atoms with Gasteiger partial charge in [0.1, 0.15) is 0 Å². The second-order valence-electron chi connectivity index (χ2n) is 4.15. The second kappa shape index (κ2) is 6.42. The van der Waals surface area contributed by atoms with E-state index >= 15 is 0 Å². The predicted octanol–water partition coefficient (Wildman–Crippen LogP) is 2.10. The highest BCUT2D eigenvalue weighted by Crippen LogP contribution is 2.25. The predicted molar refractivity (Wildman–Crippen MR) is 81.8 cm³/mol. The highest BCUT2D eigenvalue weighted by molar-refractivity contribution is 7.93. The highest BCUT2D eigenvalue weighted by Gasteiger charge is 2.17. The van der Waals surface area contributed by atoms with E-state index < -0.39 is 21.3 Å². The zero-order valence-corrected chi connectivity index (χ0v) is 13.1. The normalized spacial score (nSPS) is 12.8. The number of nitrogens with zero attached hydrogens (tertiary/aromatic N) is 1. The molecule has 1 atom stereocenters. The van der Waals surface area contributed by atoms with Crippen molar-refractivity contribution in [2.45, 2.75) is 16.7 Å². The molecular formula is C12H12ClN3O3S2. The number of rotatable bonds is 6. The van der Waals surface area contributed by atoms with Gasteiger partial charge >= 0.3 is 0 Å². The van der Waals surface area contributed by atoms with Crippen LogP contribution in [-0.2, 0) is 14.8 Å². The molecule has 0 aliphatic carbocycles. The third kappa shape index (κ3) is 4.16. The largest absolute Gasteiger partial charge is 0.370 e. The summed E-state index contributed by atoms with van der Waals surface area (Å²) in [4.78, 5) is 14.8. The molecule has 112 valence electrons.